The maximum Gasteiger partial charge on any atom is 0.325 e. The molecular weight excluding hydrogens is 326 g/mol. The van der Waals surface area contributed by atoms with Crippen molar-refractivity contribution in [3.05, 3.63) is 88.5 Å². The first-order valence-corrected chi connectivity index (χ1v) is 8.59. The molecule has 2 atom stereocenters. The van der Waals surface area contributed by atoms with Crippen LogP contribution in [0.4, 0.5) is 0 Å². The molecule has 0 saturated heterocycles. The van der Waals surface area contributed by atoms with Crippen LogP contribution in [0.2, 0.25) is 0 Å². The molecule has 3 rings (SSSR count). The van der Waals surface area contributed by atoms with E-state index in [9.17, 15) is 4.79 Å². The molecule has 5 heteroatoms. The first-order chi connectivity index (χ1) is 12.5. The number of benzene rings is 2. The fourth-order valence-corrected chi connectivity index (χ4v) is 3.24. The van der Waals surface area contributed by atoms with Crippen molar-refractivity contribution in [2.75, 3.05) is 0 Å². The Morgan fingerprint density at radius 1 is 1.19 bits per heavy atom. The predicted octanol–water partition coefficient (Wildman–Crippen LogP) is 3.49. The Bertz CT molecular complexity index is 886. The summed E-state index contributed by atoms with van der Waals surface area (Å²) in [6.45, 7) is 4.26. The second kappa shape index (κ2) is 7.54. The number of aryl methyl sites for hydroxylation is 1. The summed E-state index contributed by atoms with van der Waals surface area (Å²) in [5.74, 6) is -0.875. The highest BCUT2D eigenvalue weighted by molar-refractivity contribution is 5.75. The second-order valence-corrected chi connectivity index (χ2v) is 6.61. The number of nitrogens with zero attached hydrogens (tertiary/aromatic N) is 1. The largest absolute Gasteiger partial charge is 0.480 e. The molecule has 0 aliphatic heterocycles. The van der Waals surface area contributed by atoms with Crippen molar-refractivity contribution in [3.63, 3.8) is 0 Å². The quantitative estimate of drug-likeness (QED) is 0.635. The average molecular weight is 349 g/mol. The summed E-state index contributed by atoms with van der Waals surface area (Å²) >= 11 is 0. The molecule has 4 N–H and O–H groups in total. The zero-order chi connectivity index (χ0) is 18.7. The first kappa shape index (κ1) is 17.9. The highest BCUT2D eigenvalue weighted by atomic mass is 16.4. The lowest BCUT2D eigenvalue weighted by molar-refractivity contribution is -0.138. The first-order valence-electron chi connectivity index (χ1n) is 8.59. The Morgan fingerprint density at radius 2 is 1.92 bits per heavy atom. The number of carbonyl (C=O) groups is 1. The van der Waals surface area contributed by atoms with Gasteiger partial charge in [-0.2, -0.15) is 0 Å². The number of hydrogen-bond acceptors (Lipinski definition) is 3. The van der Waals surface area contributed by atoms with Gasteiger partial charge in [-0.3, -0.25) is 4.79 Å². The second-order valence-electron chi connectivity index (χ2n) is 6.61. The van der Waals surface area contributed by atoms with Crippen molar-refractivity contribution in [1.29, 1.82) is 0 Å². The lowest BCUT2D eigenvalue weighted by atomic mass is 9.85. The number of aromatic nitrogens is 2. The van der Waals surface area contributed by atoms with E-state index in [4.69, 9.17) is 10.8 Å². The van der Waals surface area contributed by atoms with Crippen LogP contribution in [0.5, 0.6) is 0 Å². The SMILES string of the molecule is Cc1cccc(C(Cc2ccc(C(N)C(=O)O)cc2)c2cnc[nH]2)c1C. The van der Waals surface area contributed by atoms with Gasteiger partial charge in [-0.1, -0.05) is 42.5 Å². The standard InChI is InChI=1S/C21H23N3O2/c1-13-4-3-5-17(14(13)2)18(19-11-23-12-24-19)10-15-6-8-16(9-7-15)20(22)21(25)26/h3-9,11-12,18,20H,10,22H2,1-2H3,(H,23,24)(H,25,26). The van der Waals surface area contributed by atoms with Crippen LogP contribution >= 0.6 is 0 Å². The van der Waals surface area contributed by atoms with Crippen molar-refractivity contribution in [3.8, 4) is 0 Å². The van der Waals surface area contributed by atoms with E-state index < -0.39 is 12.0 Å². The lowest BCUT2D eigenvalue weighted by Gasteiger charge is -2.20. The van der Waals surface area contributed by atoms with E-state index in [1.54, 1.807) is 18.5 Å². The molecule has 0 fully saturated rings. The van der Waals surface area contributed by atoms with Gasteiger partial charge in [0.2, 0.25) is 0 Å². The number of hydrogen-bond donors (Lipinski definition) is 3. The molecule has 2 unspecified atom stereocenters. The van der Waals surface area contributed by atoms with Crippen LogP contribution in [0.1, 0.15) is 45.5 Å². The van der Waals surface area contributed by atoms with Gasteiger partial charge in [-0.05, 0) is 48.1 Å². The van der Waals surface area contributed by atoms with Crippen LogP contribution in [0.15, 0.2) is 55.0 Å². The predicted molar refractivity (Wildman–Crippen MR) is 101 cm³/mol. The van der Waals surface area contributed by atoms with Gasteiger partial charge in [0, 0.05) is 17.8 Å². The minimum atomic E-state index is -1.02. The van der Waals surface area contributed by atoms with Gasteiger partial charge >= 0.3 is 5.97 Å². The third-order valence-electron chi connectivity index (χ3n) is 4.96. The number of carboxylic acid groups (broad SMARTS) is 1. The van der Waals surface area contributed by atoms with E-state index in [0.717, 1.165) is 17.7 Å². The minimum Gasteiger partial charge on any atom is -0.480 e. The molecule has 0 amide bonds. The molecule has 0 radical (unpaired) electrons. The van der Waals surface area contributed by atoms with Crippen LogP contribution in [0.3, 0.4) is 0 Å². The Balaban J connectivity index is 1.92. The van der Waals surface area contributed by atoms with Crippen LogP contribution in [-0.4, -0.2) is 21.0 Å². The number of rotatable bonds is 6. The van der Waals surface area contributed by atoms with Gasteiger partial charge < -0.3 is 15.8 Å². The Morgan fingerprint density at radius 3 is 2.54 bits per heavy atom. The third kappa shape index (κ3) is 3.68. The summed E-state index contributed by atoms with van der Waals surface area (Å²) in [7, 11) is 0. The zero-order valence-corrected chi connectivity index (χ0v) is 14.9. The number of aromatic amines is 1. The molecule has 0 bridgehead atoms. The van der Waals surface area contributed by atoms with Crippen molar-refractivity contribution in [2.24, 2.45) is 5.73 Å². The molecular formula is C21H23N3O2. The molecule has 1 heterocycles. The van der Waals surface area contributed by atoms with E-state index in [1.165, 1.54) is 16.7 Å². The molecule has 3 aromatic rings. The number of nitrogens with two attached hydrogens (primary N) is 1. The number of H-pyrrole nitrogens is 1. The van der Waals surface area contributed by atoms with Gasteiger partial charge in [0.05, 0.1) is 6.33 Å². The zero-order valence-electron chi connectivity index (χ0n) is 14.9. The highest BCUT2D eigenvalue weighted by Crippen LogP contribution is 2.31. The van der Waals surface area contributed by atoms with E-state index in [2.05, 4.69) is 42.0 Å². The number of nitrogens with one attached hydrogen (secondary N) is 1. The molecule has 134 valence electrons. The molecule has 2 aromatic carbocycles. The Kier molecular flexibility index (Phi) is 5.19. The Labute approximate surface area is 152 Å². The van der Waals surface area contributed by atoms with E-state index in [1.807, 2.05) is 18.3 Å². The van der Waals surface area contributed by atoms with Crippen LogP contribution in [0, 0.1) is 13.8 Å². The molecule has 0 spiro atoms. The molecule has 0 aliphatic carbocycles. The van der Waals surface area contributed by atoms with Gasteiger partial charge in [-0.25, -0.2) is 4.98 Å². The van der Waals surface area contributed by atoms with Gasteiger partial charge in [-0.15, -0.1) is 0 Å². The summed E-state index contributed by atoms with van der Waals surface area (Å²) in [5, 5.41) is 9.04. The molecule has 26 heavy (non-hydrogen) atoms. The van der Waals surface area contributed by atoms with Gasteiger partial charge in [0.25, 0.3) is 0 Å². The topological polar surface area (TPSA) is 92.0 Å². The summed E-state index contributed by atoms with van der Waals surface area (Å²) in [5.41, 5.74) is 12.3. The normalized spacial score (nSPS) is 13.3. The summed E-state index contributed by atoms with van der Waals surface area (Å²) in [6, 6.07) is 12.8. The van der Waals surface area contributed by atoms with Crippen molar-refractivity contribution >= 4 is 5.97 Å². The van der Waals surface area contributed by atoms with Gasteiger partial charge in [0.15, 0.2) is 0 Å². The average Bonchev–Trinajstić information content (AvgIpc) is 3.16. The van der Waals surface area contributed by atoms with Crippen molar-refractivity contribution in [2.45, 2.75) is 32.2 Å². The lowest BCUT2D eigenvalue weighted by Crippen LogP contribution is -2.20. The summed E-state index contributed by atoms with van der Waals surface area (Å²) < 4.78 is 0. The summed E-state index contributed by atoms with van der Waals surface area (Å²) in [6.07, 6.45) is 4.35. The fraction of sp³-hybridized carbons (Fsp3) is 0.238. The molecule has 0 saturated carbocycles. The van der Waals surface area contributed by atoms with E-state index >= 15 is 0 Å². The molecule has 1 aromatic heterocycles. The minimum absolute atomic E-state index is 0.149. The van der Waals surface area contributed by atoms with E-state index in [0.29, 0.717) is 5.56 Å². The van der Waals surface area contributed by atoms with Gasteiger partial charge in [0.1, 0.15) is 6.04 Å². The maximum atomic E-state index is 11.0. The highest BCUT2D eigenvalue weighted by Gasteiger charge is 2.20. The summed E-state index contributed by atoms with van der Waals surface area (Å²) in [4.78, 5) is 18.5. The third-order valence-corrected chi connectivity index (χ3v) is 4.96. The van der Waals surface area contributed by atoms with Crippen molar-refractivity contribution in [1.82, 2.24) is 9.97 Å². The van der Waals surface area contributed by atoms with Crippen LogP contribution in [0.25, 0.3) is 0 Å². The van der Waals surface area contributed by atoms with Crippen LogP contribution in [-0.2, 0) is 11.2 Å². The number of imidazole rings is 1. The maximum absolute atomic E-state index is 11.0. The van der Waals surface area contributed by atoms with E-state index in [-0.39, 0.29) is 5.92 Å². The smallest absolute Gasteiger partial charge is 0.325 e. The fourth-order valence-electron chi connectivity index (χ4n) is 3.24. The molecule has 5 nitrogen and oxygen atoms in total. The number of aliphatic carboxylic acids is 1. The monoisotopic (exact) mass is 349 g/mol. The molecule has 0 aliphatic rings. The van der Waals surface area contributed by atoms with Crippen molar-refractivity contribution < 1.29 is 9.90 Å². The Hall–Kier alpha value is -2.92. The van der Waals surface area contributed by atoms with Crippen LogP contribution < -0.4 is 5.73 Å². The number of carboxylic acids is 1.